The number of halogens is 4. The highest BCUT2D eigenvalue weighted by molar-refractivity contribution is 7.97. The van der Waals surface area contributed by atoms with E-state index in [9.17, 15) is 70.9 Å². The highest BCUT2D eigenvalue weighted by Crippen LogP contribution is 2.61. The summed E-state index contributed by atoms with van der Waals surface area (Å²) in [6, 6.07) is 128. The first-order valence-corrected chi connectivity index (χ1v) is 51.8. The molecule has 0 spiro atoms. The molecule has 15 nitrogen and oxygen atoms in total. The highest BCUT2D eigenvalue weighted by Gasteiger charge is 2.56. The molecule has 132 heavy (non-hydrogen) atoms. The molecule has 0 aromatic heterocycles. The fourth-order valence-electron chi connectivity index (χ4n) is 19.8. The molecule has 0 N–H and O–H groups in total. The fourth-order valence-corrected chi connectivity index (χ4v) is 27.1. The van der Waals surface area contributed by atoms with E-state index in [0.717, 1.165) is 52.6 Å². The van der Waals surface area contributed by atoms with E-state index in [1.807, 2.05) is 84.9 Å². The Morgan fingerprint density at radius 2 is 0.606 bits per heavy atom. The van der Waals surface area contributed by atoms with Crippen LogP contribution in [0.5, 0.6) is 0 Å². The molecule has 0 heterocycles. The Balaban J connectivity index is 0.000000122. The number of hydrogen-bond acceptors (Lipinski definition) is 15. The van der Waals surface area contributed by atoms with Gasteiger partial charge in [0.2, 0.25) is 0 Å². The van der Waals surface area contributed by atoms with Crippen molar-refractivity contribution in [3.05, 3.63) is 415 Å². The maximum Gasteiger partial charge on any atom is 0.428 e. The van der Waals surface area contributed by atoms with Crippen LogP contribution in [0.2, 0.25) is 0 Å². The van der Waals surface area contributed by atoms with Crippen molar-refractivity contribution in [3.63, 3.8) is 0 Å². The van der Waals surface area contributed by atoms with Gasteiger partial charge in [-0.25, -0.2) is 30.0 Å². The number of hydrogen-bond donors (Lipinski definition) is 0. The summed E-state index contributed by atoms with van der Waals surface area (Å²) in [7, 11) is -16.2. The Hall–Kier alpha value is -11.2. The number of ether oxygens (including phenoxy) is 3. The minimum atomic E-state index is -6.12. The third-order valence-electron chi connectivity index (χ3n) is 25.1. The zero-order valence-corrected chi connectivity index (χ0v) is 76.8. The second kappa shape index (κ2) is 42.8. The monoisotopic (exact) mass is 1890 g/mol. The van der Waals surface area contributed by atoms with Gasteiger partial charge in [-0.1, -0.05) is 261 Å². The second-order valence-electron chi connectivity index (χ2n) is 33.7. The van der Waals surface area contributed by atoms with E-state index in [1.165, 1.54) is 74.4 Å². The number of rotatable bonds is 23. The lowest BCUT2D eigenvalue weighted by Crippen LogP contribution is -2.50. The predicted octanol–water partition coefficient (Wildman–Crippen LogP) is 22.3. The molecular weight excluding hydrogens is 1790 g/mol. The molecule has 0 aliphatic heterocycles. The number of benzene rings is 13. The number of alkyl halides is 4. The van der Waals surface area contributed by atoms with Gasteiger partial charge in [-0.05, 0) is 229 Å². The minimum Gasteiger partial charge on any atom is -0.748 e. The second-order valence-corrected chi connectivity index (χ2v) is 44.2. The molecule has 4 fully saturated rings. The number of carbonyl (C=O) groups excluding carboxylic acids is 3. The summed E-state index contributed by atoms with van der Waals surface area (Å²) in [6.07, 6.45) is 5.96. The minimum absolute atomic E-state index is 0.0146. The van der Waals surface area contributed by atoms with Crippen molar-refractivity contribution >= 4 is 80.9 Å². The first-order valence-electron chi connectivity index (χ1n) is 43.8. The van der Waals surface area contributed by atoms with Crippen LogP contribution < -0.4 is 0 Å². The number of esters is 3. The summed E-state index contributed by atoms with van der Waals surface area (Å²) in [6.45, 7) is -1.04. The molecule has 10 aliphatic carbocycles. The van der Waals surface area contributed by atoms with Gasteiger partial charge < -0.3 is 27.9 Å². The summed E-state index contributed by atoms with van der Waals surface area (Å²) in [5.41, 5.74) is 8.60. The molecule has 13 aromatic carbocycles. The maximum absolute atomic E-state index is 13.4. The maximum atomic E-state index is 13.4. The molecule has 2 unspecified atom stereocenters. The molecule has 13 aromatic rings. The van der Waals surface area contributed by atoms with Gasteiger partial charge in [0.1, 0.15) is 6.61 Å². The Kier molecular flexibility index (Phi) is 30.9. The van der Waals surface area contributed by atoms with Crippen molar-refractivity contribution in [3.8, 4) is 0 Å². The van der Waals surface area contributed by atoms with Crippen LogP contribution >= 0.6 is 0 Å². The standard InChI is InChI=1S/C21H20F2O5S.C19H16F2O5S.3C18H15S.C13H20O5S/c22-21(23,29(25,26)27)10-5-11-28-20(24)18-12-17-13-6-1-3-8-15(13)19(18)16-9-4-2-7-14(16)17;20-19(21,27(23,24)25)18(22)26-10-11-9-16-12-5-1-3-7-14(12)17(11)15-8-4-2-6-13(15)16;3*1-4-10-16(11-5-1)19(17-12-6-2-7-13-17)18-14-8-3-9-15-18;14-12(18-1-2-19(15,16)17)13-6-9-3-10(7-13)5-11(4-9)8-13/h1-4,6-9,17-19H,5,10-12H2,(H,25,26,27);1-8,11,16-17H,9-10H2,(H,23,24,25);3*1-15H;9-11H,1-8H2,(H,15,16,17)/q;;3*+1;/p-3. The van der Waals surface area contributed by atoms with Crippen LogP contribution in [-0.2, 0) is 91.6 Å². The van der Waals surface area contributed by atoms with E-state index in [-0.39, 0.29) is 93.5 Å². The smallest absolute Gasteiger partial charge is 0.428 e. The van der Waals surface area contributed by atoms with Crippen LogP contribution in [0.25, 0.3) is 0 Å². The van der Waals surface area contributed by atoms with Crippen molar-refractivity contribution in [1.82, 2.24) is 0 Å². The normalized spacial score (nSPS) is 20.2. The predicted molar refractivity (Wildman–Crippen MR) is 500 cm³/mol. The zero-order chi connectivity index (χ0) is 92.6. The first-order chi connectivity index (χ1) is 63.6. The Labute approximate surface area is 777 Å². The van der Waals surface area contributed by atoms with Crippen molar-refractivity contribution < 1.29 is 85.1 Å². The summed E-state index contributed by atoms with van der Waals surface area (Å²) in [4.78, 5) is 48.8. The molecule has 8 bridgehead atoms. The molecule has 0 saturated heterocycles. The van der Waals surface area contributed by atoms with E-state index >= 15 is 0 Å². The Morgan fingerprint density at radius 3 is 0.886 bits per heavy atom. The average molecular weight is 1890 g/mol. The molecule has 2 atom stereocenters. The van der Waals surface area contributed by atoms with E-state index in [1.54, 1.807) is 0 Å². The van der Waals surface area contributed by atoms with Gasteiger partial charge >= 0.3 is 28.4 Å². The van der Waals surface area contributed by atoms with Gasteiger partial charge in [0.05, 0.1) is 73.1 Å². The van der Waals surface area contributed by atoms with Crippen molar-refractivity contribution in [2.75, 3.05) is 25.6 Å². The Bertz CT molecular complexity index is 5720. The van der Waals surface area contributed by atoms with Crippen LogP contribution in [0.1, 0.15) is 132 Å². The summed E-state index contributed by atoms with van der Waals surface area (Å²) >= 11 is 0. The molecule has 0 amide bonds. The van der Waals surface area contributed by atoms with Crippen LogP contribution in [0, 0.1) is 35.0 Å². The van der Waals surface area contributed by atoms with E-state index in [2.05, 4.69) is 290 Å². The highest BCUT2D eigenvalue weighted by atomic mass is 32.2. The third-order valence-corrected chi connectivity index (χ3v) is 34.2. The van der Waals surface area contributed by atoms with Crippen molar-refractivity contribution in [2.24, 2.45) is 35.0 Å². The Morgan fingerprint density at radius 1 is 0.333 bits per heavy atom. The quantitative estimate of drug-likeness (QED) is 0.0144. The van der Waals surface area contributed by atoms with Crippen LogP contribution in [-0.4, -0.2) is 92.9 Å². The van der Waals surface area contributed by atoms with Gasteiger partial charge in [0, 0.05) is 36.0 Å². The molecule has 680 valence electrons. The SMILES string of the molecule is O=C(OCC1CC2c3ccccc3C1c1ccccc12)C(F)(F)S(=O)(=O)[O-].O=C(OCCCC(F)(F)S(=O)(=O)[O-])C1CC2c3ccccc3C1c1ccccc12.O=C(OCCS(=O)(=O)[O-])C12CC3CC(CC(C3)C1)C2.c1ccc([S+](c2ccccc2)c2ccccc2)cc1.c1ccc([S+](c2ccccc2)c2ccccc2)cc1.c1ccc([S+](c2ccccc2)c2ccccc2)cc1. The van der Waals surface area contributed by atoms with Crippen LogP contribution in [0.4, 0.5) is 17.6 Å². The fraction of sp³-hybridized carbons (Fsp3) is 0.243. The van der Waals surface area contributed by atoms with Gasteiger partial charge in [-0.2, -0.15) is 17.6 Å². The molecular formula is C107H98F4O15S6. The van der Waals surface area contributed by atoms with E-state index in [4.69, 9.17) is 9.47 Å². The number of fused-ring (bicyclic) bond motifs is 2. The summed E-state index contributed by atoms with van der Waals surface area (Å²) in [5.74, 6) is -2.68. The molecule has 0 radical (unpaired) electrons. The largest absolute Gasteiger partial charge is 0.748 e. The van der Waals surface area contributed by atoms with Gasteiger partial charge in [-0.3, -0.25) is 9.59 Å². The van der Waals surface area contributed by atoms with Crippen molar-refractivity contribution in [2.45, 2.75) is 142 Å². The van der Waals surface area contributed by atoms with Crippen LogP contribution in [0.15, 0.2) is 414 Å². The van der Waals surface area contributed by atoms with Gasteiger partial charge in [0.15, 0.2) is 64.3 Å². The lowest BCUT2D eigenvalue weighted by Gasteiger charge is -2.55. The van der Waals surface area contributed by atoms with Gasteiger partial charge in [0.25, 0.3) is 0 Å². The summed E-state index contributed by atoms with van der Waals surface area (Å²) in [5, 5.41) is -9.45. The zero-order valence-electron chi connectivity index (χ0n) is 71.9. The topological polar surface area (TPSA) is 250 Å². The van der Waals surface area contributed by atoms with Crippen LogP contribution in [0.3, 0.4) is 0 Å². The van der Waals surface area contributed by atoms with Gasteiger partial charge in [-0.15, -0.1) is 0 Å². The third kappa shape index (κ3) is 22.6. The number of carbonyl (C=O) groups is 3. The average Bonchev–Trinajstić information content (AvgIpc) is 0.767. The summed E-state index contributed by atoms with van der Waals surface area (Å²) < 4.78 is 163. The van der Waals surface area contributed by atoms with Crippen molar-refractivity contribution in [1.29, 1.82) is 0 Å². The molecule has 25 heteroatoms. The lowest BCUT2D eigenvalue weighted by molar-refractivity contribution is -0.171. The molecule has 4 saturated carbocycles. The molecule has 23 rings (SSSR count). The van der Waals surface area contributed by atoms with E-state index < -0.39 is 77.3 Å². The molecule has 10 aliphatic rings. The van der Waals surface area contributed by atoms with E-state index in [0.29, 0.717) is 30.6 Å². The lowest BCUT2D eigenvalue weighted by atomic mass is 9.49. The first kappa shape index (κ1) is 95.4.